The molecule has 2 aromatic rings. The fraction of sp³-hybridized carbons (Fsp3) is 0.550. The van der Waals surface area contributed by atoms with Crippen LogP contribution in [0.25, 0.3) is 0 Å². The second-order valence-electron chi connectivity index (χ2n) is 7.29. The number of carbonyl (C=O) groups is 1. The number of carbonyl (C=O) groups excluding carboxylic acids is 1. The van der Waals surface area contributed by atoms with Gasteiger partial charge in [0.1, 0.15) is 0 Å². The summed E-state index contributed by atoms with van der Waals surface area (Å²) >= 11 is 0. The highest BCUT2D eigenvalue weighted by molar-refractivity contribution is 5.93. The van der Waals surface area contributed by atoms with E-state index in [-0.39, 0.29) is 25.1 Å². The molecule has 28 heavy (non-hydrogen) atoms. The minimum absolute atomic E-state index is 0.160. The van der Waals surface area contributed by atoms with E-state index < -0.39 is 6.10 Å². The van der Waals surface area contributed by atoms with E-state index in [1.165, 1.54) is 4.90 Å². The van der Waals surface area contributed by atoms with Gasteiger partial charge in [0.15, 0.2) is 5.69 Å². The number of benzene rings is 1. The van der Waals surface area contributed by atoms with Gasteiger partial charge < -0.3 is 20.1 Å². The fourth-order valence-corrected chi connectivity index (χ4v) is 3.46. The Balaban J connectivity index is 1.50. The van der Waals surface area contributed by atoms with Crippen molar-refractivity contribution in [2.75, 3.05) is 33.3 Å². The van der Waals surface area contributed by atoms with Gasteiger partial charge in [-0.25, -0.2) is 4.68 Å². The summed E-state index contributed by atoms with van der Waals surface area (Å²) in [5.74, 6) is -0.236. The number of piperidine rings is 1. The van der Waals surface area contributed by atoms with Gasteiger partial charge in [-0.2, -0.15) is 0 Å². The van der Waals surface area contributed by atoms with Crippen LogP contribution >= 0.6 is 0 Å². The summed E-state index contributed by atoms with van der Waals surface area (Å²) in [6, 6.07) is 10.1. The molecule has 1 aromatic carbocycles. The van der Waals surface area contributed by atoms with Gasteiger partial charge in [0.25, 0.3) is 5.91 Å². The molecule has 1 aliphatic rings. The molecule has 1 atom stereocenters. The van der Waals surface area contributed by atoms with Crippen LogP contribution in [0.15, 0.2) is 30.3 Å². The summed E-state index contributed by atoms with van der Waals surface area (Å²) in [5.41, 5.74) is 2.17. The quantitative estimate of drug-likeness (QED) is 0.706. The van der Waals surface area contributed by atoms with Gasteiger partial charge in [0, 0.05) is 13.6 Å². The van der Waals surface area contributed by atoms with Gasteiger partial charge in [-0.05, 0) is 38.4 Å². The van der Waals surface area contributed by atoms with E-state index in [0.717, 1.165) is 37.2 Å². The maximum Gasteiger partial charge on any atom is 0.276 e. The summed E-state index contributed by atoms with van der Waals surface area (Å²) in [6.45, 7) is 4.53. The van der Waals surface area contributed by atoms with Gasteiger partial charge in [-0.1, -0.05) is 35.5 Å². The summed E-state index contributed by atoms with van der Waals surface area (Å²) in [5, 5.41) is 21.8. The number of aliphatic hydroxyl groups excluding tert-OH is 1. The molecule has 1 aliphatic heterocycles. The van der Waals surface area contributed by atoms with E-state index in [2.05, 4.69) is 15.6 Å². The monoisotopic (exact) mass is 387 g/mol. The first-order valence-electron chi connectivity index (χ1n) is 9.74. The number of hydrogen-bond acceptors (Lipinski definition) is 6. The van der Waals surface area contributed by atoms with Crippen LogP contribution in [0.4, 0.5) is 0 Å². The van der Waals surface area contributed by atoms with Crippen molar-refractivity contribution in [3.8, 4) is 0 Å². The van der Waals surface area contributed by atoms with E-state index in [4.69, 9.17) is 4.74 Å². The number of aliphatic hydroxyl groups is 1. The van der Waals surface area contributed by atoms with Gasteiger partial charge in [-0.15, -0.1) is 5.10 Å². The zero-order chi connectivity index (χ0) is 19.9. The third kappa shape index (κ3) is 5.15. The fourth-order valence-electron chi connectivity index (χ4n) is 3.46. The highest BCUT2D eigenvalue weighted by Crippen LogP contribution is 2.20. The van der Waals surface area contributed by atoms with Crippen LogP contribution in [-0.4, -0.2) is 70.3 Å². The van der Waals surface area contributed by atoms with E-state index in [0.29, 0.717) is 12.3 Å². The van der Waals surface area contributed by atoms with E-state index >= 15 is 0 Å². The molecular weight excluding hydrogens is 358 g/mol. The van der Waals surface area contributed by atoms with Crippen LogP contribution in [0.2, 0.25) is 0 Å². The van der Waals surface area contributed by atoms with Crippen LogP contribution in [0.3, 0.4) is 0 Å². The third-order valence-corrected chi connectivity index (χ3v) is 5.04. The molecule has 0 spiro atoms. The minimum atomic E-state index is -0.766. The van der Waals surface area contributed by atoms with Crippen molar-refractivity contribution in [3.05, 3.63) is 47.3 Å². The van der Waals surface area contributed by atoms with Crippen LogP contribution in [0.5, 0.6) is 0 Å². The highest BCUT2D eigenvalue weighted by atomic mass is 16.5. The first-order valence-corrected chi connectivity index (χ1v) is 9.74. The maximum atomic E-state index is 12.7. The molecule has 1 unspecified atom stereocenters. The molecule has 1 fully saturated rings. The molecule has 0 aliphatic carbocycles. The number of rotatable bonds is 8. The summed E-state index contributed by atoms with van der Waals surface area (Å²) in [6.07, 6.45) is 1.19. The van der Waals surface area contributed by atoms with Crippen molar-refractivity contribution in [2.45, 2.75) is 38.5 Å². The lowest BCUT2D eigenvalue weighted by Gasteiger charge is -2.24. The van der Waals surface area contributed by atoms with Crippen molar-refractivity contribution in [1.29, 1.82) is 0 Å². The lowest BCUT2D eigenvalue weighted by Crippen LogP contribution is -2.37. The third-order valence-electron chi connectivity index (χ3n) is 5.04. The Hall–Kier alpha value is -2.29. The standard InChI is InChI=1S/C20H29N5O3/c1-15-19(22-23-25(15)17-8-10-21-11-9-17)20(27)24(2)12-18(26)14-28-13-16-6-4-3-5-7-16/h3-7,17-18,21,26H,8-14H2,1-2H3. The topological polar surface area (TPSA) is 92.5 Å². The predicted molar refractivity (Wildman–Crippen MR) is 105 cm³/mol. The Morgan fingerprint density at radius 2 is 2.07 bits per heavy atom. The largest absolute Gasteiger partial charge is 0.389 e. The SMILES string of the molecule is Cc1c(C(=O)N(C)CC(O)COCc2ccccc2)nnn1C1CCNCC1. The number of likely N-dealkylation sites (N-methyl/N-ethyl adjacent to an activating group) is 1. The van der Waals surface area contributed by atoms with Crippen molar-refractivity contribution in [3.63, 3.8) is 0 Å². The maximum absolute atomic E-state index is 12.7. The van der Waals surface area contributed by atoms with Crippen LogP contribution in [0, 0.1) is 6.92 Å². The molecule has 1 aromatic heterocycles. The van der Waals surface area contributed by atoms with Crippen molar-refractivity contribution < 1.29 is 14.6 Å². The Labute approximate surface area is 165 Å². The predicted octanol–water partition coefficient (Wildman–Crippen LogP) is 1.16. The minimum Gasteiger partial charge on any atom is -0.389 e. The van der Waals surface area contributed by atoms with E-state index in [9.17, 15) is 9.90 Å². The molecule has 0 bridgehead atoms. The zero-order valence-corrected chi connectivity index (χ0v) is 16.5. The first-order chi connectivity index (χ1) is 13.6. The zero-order valence-electron chi connectivity index (χ0n) is 16.5. The molecule has 2 heterocycles. The van der Waals surface area contributed by atoms with Gasteiger partial charge in [0.05, 0.1) is 31.1 Å². The lowest BCUT2D eigenvalue weighted by molar-refractivity contribution is 0.0135. The van der Waals surface area contributed by atoms with Crippen LogP contribution < -0.4 is 5.32 Å². The van der Waals surface area contributed by atoms with E-state index in [1.54, 1.807) is 7.05 Å². The molecule has 3 rings (SSSR count). The molecule has 0 radical (unpaired) electrons. The summed E-state index contributed by atoms with van der Waals surface area (Å²) in [7, 11) is 1.66. The molecule has 1 amide bonds. The Bertz CT molecular complexity index is 758. The lowest BCUT2D eigenvalue weighted by atomic mass is 10.1. The second kappa shape index (κ2) is 9.77. The van der Waals surface area contributed by atoms with E-state index in [1.807, 2.05) is 41.9 Å². The van der Waals surface area contributed by atoms with Gasteiger partial charge in [-0.3, -0.25) is 4.79 Å². The second-order valence-corrected chi connectivity index (χ2v) is 7.29. The molecule has 8 heteroatoms. The Kier molecular flexibility index (Phi) is 7.13. The first kappa shape index (κ1) is 20.4. The number of amides is 1. The highest BCUT2D eigenvalue weighted by Gasteiger charge is 2.25. The average molecular weight is 387 g/mol. The van der Waals surface area contributed by atoms with Crippen molar-refractivity contribution >= 4 is 5.91 Å². The molecule has 1 saturated heterocycles. The number of ether oxygens (including phenoxy) is 1. The smallest absolute Gasteiger partial charge is 0.276 e. The van der Waals surface area contributed by atoms with Gasteiger partial charge in [0.2, 0.25) is 0 Å². The summed E-state index contributed by atoms with van der Waals surface area (Å²) < 4.78 is 7.41. The van der Waals surface area contributed by atoms with Crippen LogP contribution in [0.1, 0.15) is 40.6 Å². The molecule has 0 saturated carbocycles. The molecular formula is C20H29N5O3. The number of hydrogen-bond donors (Lipinski definition) is 2. The molecule has 8 nitrogen and oxygen atoms in total. The number of aromatic nitrogens is 3. The van der Waals surface area contributed by atoms with Crippen LogP contribution in [-0.2, 0) is 11.3 Å². The molecule has 2 N–H and O–H groups in total. The van der Waals surface area contributed by atoms with Crippen molar-refractivity contribution in [2.24, 2.45) is 0 Å². The van der Waals surface area contributed by atoms with Gasteiger partial charge >= 0.3 is 0 Å². The normalized spacial score (nSPS) is 16.1. The molecule has 152 valence electrons. The van der Waals surface area contributed by atoms with Crippen molar-refractivity contribution in [1.82, 2.24) is 25.2 Å². The summed E-state index contributed by atoms with van der Waals surface area (Å²) in [4.78, 5) is 14.2. The number of nitrogens with one attached hydrogen (secondary N) is 1. The number of nitrogens with zero attached hydrogens (tertiary/aromatic N) is 4. The Morgan fingerprint density at radius 3 is 2.79 bits per heavy atom. The Morgan fingerprint density at radius 1 is 1.36 bits per heavy atom. The average Bonchev–Trinajstić information content (AvgIpc) is 3.10.